The summed E-state index contributed by atoms with van der Waals surface area (Å²) in [5.74, 6) is 0.825. The molecule has 0 atom stereocenters. The van der Waals surface area contributed by atoms with Crippen LogP contribution in [-0.2, 0) is 0 Å². The lowest BCUT2D eigenvalue weighted by Gasteiger charge is -2.06. The Balaban J connectivity index is 1.98. The van der Waals surface area contributed by atoms with Crippen molar-refractivity contribution in [1.82, 2.24) is 14.8 Å². The van der Waals surface area contributed by atoms with Gasteiger partial charge in [-0.2, -0.15) is 5.10 Å². The highest BCUT2D eigenvalue weighted by Gasteiger charge is 2.01. The van der Waals surface area contributed by atoms with Gasteiger partial charge in [-0.1, -0.05) is 19.8 Å². The van der Waals surface area contributed by atoms with Crippen molar-refractivity contribution in [2.24, 2.45) is 0 Å². The highest BCUT2D eigenvalue weighted by Crippen LogP contribution is 2.14. The Labute approximate surface area is 105 Å². The molecule has 5 heteroatoms. The van der Waals surface area contributed by atoms with Gasteiger partial charge in [-0.3, -0.25) is 0 Å². The van der Waals surface area contributed by atoms with Crippen molar-refractivity contribution in [2.45, 2.75) is 26.2 Å². The second-order valence-electron chi connectivity index (χ2n) is 4.08. The van der Waals surface area contributed by atoms with E-state index in [9.17, 15) is 4.79 Å². The summed E-state index contributed by atoms with van der Waals surface area (Å²) in [5, 5.41) is 6.04. The minimum Gasteiger partial charge on any atom is -0.494 e. The number of unbranched alkanes of at least 4 members (excludes halogenated alkanes) is 2. The molecule has 18 heavy (non-hydrogen) atoms. The smallest absolute Gasteiger partial charge is 0.347 e. The van der Waals surface area contributed by atoms with E-state index in [2.05, 4.69) is 17.1 Å². The first kappa shape index (κ1) is 12.4. The first-order valence-corrected chi connectivity index (χ1v) is 6.16. The molecule has 0 fully saturated rings. The monoisotopic (exact) mass is 247 g/mol. The summed E-state index contributed by atoms with van der Waals surface area (Å²) in [4.78, 5) is 11.4. The van der Waals surface area contributed by atoms with Crippen LogP contribution < -0.4 is 10.4 Å². The number of ether oxygens (including phenoxy) is 1. The maximum Gasteiger partial charge on any atom is 0.347 e. The van der Waals surface area contributed by atoms with Gasteiger partial charge in [-0.05, 0) is 30.7 Å². The number of nitrogens with zero attached hydrogens (tertiary/aromatic N) is 2. The van der Waals surface area contributed by atoms with Crippen molar-refractivity contribution in [1.29, 1.82) is 0 Å². The topological polar surface area (TPSA) is 59.9 Å². The SMILES string of the molecule is CCCCCOc1ccc(-n2cn[nH]c2=O)cc1. The van der Waals surface area contributed by atoms with Gasteiger partial charge in [-0.25, -0.2) is 14.5 Å². The lowest BCUT2D eigenvalue weighted by atomic mass is 10.2. The zero-order valence-corrected chi connectivity index (χ0v) is 10.4. The molecule has 0 aliphatic heterocycles. The Bertz CT molecular complexity index is 528. The number of nitrogens with one attached hydrogen (secondary N) is 1. The van der Waals surface area contributed by atoms with Gasteiger partial charge in [-0.15, -0.1) is 0 Å². The van der Waals surface area contributed by atoms with Crippen molar-refractivity contribution in [2.75, 3.05) is 6.61 Å². The minimum atomic E-state index is -0.244. The van der Waals surface area contributed by atoms with E-state index in [1.807, 2.05) is 24.3 Å². The first-order valence-electron chi connectivity index (χ1n) is 6.16. The molecule has 1 heterocycles. The van der Waals surface area contributed by atoms with E-state index in [0.717, 1.165) is 24.5 Å². The first-order chi connectivity index (χ1) is 8.81. The van der Waals surface area contributed by atoms with E-state index in [0.29, 0.717) is 0 Å². The normalized spacial score (nSPS) is 10.5. The summed E-state index contributed by atoms with van der Waals surface area (Å²) in [6.07, 6.45) is 4.90. The molecule has 0 saturated heterocycles. The summed E-state index contributed by atoms with van der Waals surface area (Å²) in [6, 6.07) is 7.40. The second kappa shape index (κ2) is 6.05. The summed E-state index contributed by atoms with van der Waals surface area (Å²) >= 11 is 0. The average Bonchev–Trinajstić information content (AvgIpc) is 2.82. The van der Waals surface area contributed by atoms with E-state index >= 15 is 0 Å². The van der Waals surface area contributed by atoms with E-state index < -0.39 is 0 Å². The fraction of sp³-hybridized carbons (Fsp3) is 0.385. The predicted molar refractivity (Wildman–Crippen MR) is 69.2 cm³/mol. The Hall–Kier alpha value is -2.04. The third-order valence-electron chi connectivity index (χ3n) is 2.68. The standard InChI is InChI=1S/C13H17N3O2/c1-2-3-4-9-18-12-7-5-11(6-8-12)16-10-14-15-13(16)17/h5-8,10H,2-4,9H2,1H3,(H,15,17). The second-order valence-corrected chi connectivity index (χ2v) is 4.08. The summed E-state index contributed by atoms with van der Waals surface area (Å²) in [5.41, 5.74) is 0.529. The number of H-pyrrole nitrogens is 1. The fourth-order valence-corrected chi connectivity index (χ4v) is 1.68. The average molecular weight is 247 g/mol. The van der Waals surface area contributed by atoms with Crippen LogP contribution in [-0.4, -0.2) is 21.4 Å². The molecule has 0 spiro atoms. The van der Waals surface area contributed by atoms with Crippen molar-refractivity contribution in [3.63, 3.8) is 0 Å². The Morgan fingerprint density at radius 2 is 2.06 bits per heavy atom. The molecule has 96 valence electrons. The lowest BCUT2D eigenvalue weighted by molar-refractivity contribution is 0.306. The van der Waals surface area contributed by atoms with E-state index in [1.54, 1.807) is 0 Å². The van der Waals surface area contributed by atoms with Gasteiger partial charge in [0.1, 0.15) is 12.1 Å². The van der Waals surface area contributed by atoms with E-state index in [-0.39, 0.29) is 5.69 Å². The van der Waals surface area contributed by atoms with Gasteiger partial charge >= 0.3 is 5.69 Å². The Morgan fingerprint density at radius 3 is 2.67 bits per heavy atom. The van der Waals surface area contributed by atoms with Gasteiger partial charge in [0, 0.05) is 0 Å². The van der Waals surface area contributed by atoms with Crippen molar-refractivity contribution in [3.05, 3.63) is 41.1 Å². The highest BCUT2D eigenvalue weighted by molar-refractivity contribution is 5.36. The van der Waals surface area contributed by atoms with Crippen LogP contribution in [0.25, 0.3) is 5.69 Å². The largest absolute Gasteiger partial charge is 0.494 e. The summed E-state index contributed by atoms with van der Waals surface area (Å²) in [7, 11) is 0. The van der Waals surface area contributed by atoms with Crippen LogP contribution in [0.2, 0.25) is 0 Å². The number of benzene rings is 1. The van der Waals surface area contributed by atoms with Crippen molar-refractivity contribution >= 4 is 0 Å². The minimum absolute atomic E-state index is 0.244. The maximum atomic E-state index is 11.4. The molecule has 1 aromatic heterocycles. The molecule has 1 aromatic carbocycles. The lowest BCUT2D eigenvalue weighted by Crippen LogP contribution is -2.13. The molecular formula is C13H17N3O2. The molecule has 1 N–H and O–H groups in total. The number of rotatable bonds is 6. The quantitative estimate of drug-likeness (QED) is 0.795. The third kappa shape index (κ3) is 3.00. The number of aromatic amines is 1. The molecule has 0 aliphatic rings. The molecule has 0 aliphatic carbocycles. The van der Waals surface area contributed by atoms with Crippen molar-refractivity contribution in [3.8, 4) is 11.4 Å². The molecule has 5 nitrogen and oxygen atoms in total. The van der Waals surface area contributed by atoms with Gasteiger partial charge in [0.2, 0.25) is 0 Å². The molecule has 2 aromatic rings. The predicted octanol–water partition coefficient (Wildman–Crippen LogP) is 2.13. The zero-order valence-electron chi connectivity index (χ0n) is 10.4. The molecule has 0 bridgehead atoms. The van der Waals surface area contributed by atoms with E-state index in [1.165, 1.54) is 23.7 Å². The molecular weight excluding hydrogens is 230 g/mol. The van der Waals surface area contributed by atoms with Gasteiger partial charge < -0.3 is 4.74 Å². The molecule has 0 amide bonds. The fourth-order valence-electron chi connectivity index (χ4n) is 1.68. The molecule has 0 unspecified atom stereocenters. The van der Waals surface area contributed by atoms with Crippen LogP contribution in [0.3, 0.4) is 0 Å². The maximum absolute atomic E-state index is 11.4. The number of hydrogen-bond donors (Lipinski definition) is 1. The van der Waals surface area contributed by atoms with Crippen LogP contribution in [0.15, 0.2) is 35.4 Å². The van der Waals surface area contributed by atoms with Crippen molar-refractivity contribution < 1.29 is 4.74 Å². The highest BCUT2D eigenvalue weighted by atomic mass is 16.5. The van der Waals surface area contributed by atoms with E-state index in [4.69, 9.17) is 4.74 Å². The van der Waals surface area contributed by atoms with Gasteiger partial charge in [0.15, 0.2) is 0 Å². The zero-order chi connectivity index (χ0) is 12.8. The van der Waals surface area contributed by atoms with Crippen LogP contribution >= 0.6 is 0 Å². The molecule has 0 saturated carbocycles. The van der Waals surface area contributed by atoms with Gasteiger partial charge in [0.05, 0.1) is 12.3 Å². The summed E-state index contributed by atoms with van der Waals surface area (Å²) < 4.78 is 7.05. The third-order valence-corrected chi connectivity index (χ3v) is 2.68. The Morgan fingerprint density at radius 1 is 1.28 bits per heavy atom. The van der Waals surface area contributed by atoms with Gasteiger partial charge in [0.25, 0.3) is 0 Å². The van der Waals surface area contributed by atoms with Crippen LogP contribution in [0, 0.1) is 0 Å². The van der Waals surface area contributed by atoms with Crippen LogP contribution in [0.1, 0.15) is 26.2 Å². The van der Waals surface area contributed by atoms with Crippen LogP contribution in [0.4, 0.5) is 0 Å². The summed E-state index contributed by atoms with van der Waals surface area (Å²) in [6.45, 7) is 2.90. The number of aromatic nitrogens is 3. The molecule has 2 rings (SSSR count). The Kier molecular flexibility index (Phi) is 4.17. The van der Waals surface area contributed by atoms with Crippen LogP contribution in [0.5, 0.6) is 5.75 Å². The molecule has 0 radical (unpaired) electrons. The number of hydrogen-bond acceptors (Lipinski definition) is 3.